The van der Waals surface area contributed by atoms with E-state index in [0.717, 1.165) is 38.4 Å². The first-order valence-corrected chi connectivity index (χ1v) is 7.51. The van der Waals surface area contributed by atoms with Gasteiger partial charge in [-0.1, -0.05) is 6.92 Å². The van der Waals surface area contributed by atoms with Crippen LogP contribution in [0.2, 0.25) is 0 Å². The monoisotopic (exact) mass is 283 g/mol. The van der Waals surface area contributed by atoms with Gasteiger partial charge in [-0.3, -0.25) is 15.1 Å². The summed E-state index contributed by atoms with van der Waals surface area (Å²) < 4.78 is 0. The number of carbonyl (C=O) groups is 1. The molecule has 1 fully saturated rings. The van der Waals surface area contributed by atoms with E-state index in [4.69, 9.17) is 5.84 Å². The van der Waals surface area contributed by atoms with Gasteiger partial charge in [-0.25, -0.2) is 10.8 Å². The normalized spacial score (nSPS) is 17.6. The molecule has 0 radical (unpaired) electrons. The molecule has 1 aliphatic rings. The molecule has 106 valence electrons. The molecule has 0 aliphatic carbocycles. The maximum absolute atomic E-state index is 11.3. The number of nitrogen functional groups attached to an aromatic ring is 1. The lowest BCUT2D eigenvalue weighted by Crippen LogP contribution is -2.46. The summed E-state index contributed by atoms with van der Waals surface area (Å²) in [6, 6.07) is 0. The van der Waals surface area contributed by atoms with Crippen molar-refractivity contribution in [2.24, 2.45) is 5.84 Å². The summed E-state index contributed by atoms with van der Waals surface area (Å²) in [5.41, 5.74) is 3.06. The second-order valence-corrected chi connectivity index (χ2v) is 5.59. The zero-order valence-corrected chi connectivity index (χ0v) is 12.1. The molecule has 1 amide bonds. The Hall–Kier alpha value is -1.02. The van der Waals surface area contributed by atoms with Gasteiger partial charge in [0.1, 0.15) is 0 Å². The van der Waals surface area contributed by atoms with Gasteiger partial charge in [-0.15, -0.1) is 11.3 Å². The minimum absolute atomic E-state index is 0.316. The van der Waals surface area contributed by atoms with E-state index in [-0.39, 0.29) is 5.91 Å². The van der Waals surface area contributed by atoms with Crippen LogP contribution in [0.1, 0.15) is 28.8 Å². The molecule has 1 aliphatic heterocycles. The summed E-state index contributed by atoms with van der Waals surface area (Å²) in [5.74, 6) is 4.78. The van der Waals surface area contributed by atoms with Gasteiger partial charge in [0, 0.05) is 38.1 Å². The zero-order valence-electron chi connectivity index (χ0n) is 11.3. The SMILES string of the molecule is CCCN1CCN(Cc2csc(C(=O)NN)n2)CC1. The lowest BCUT2D eigenvalue weighted by Gasteiger charge is -2.34. The number of carbonyl (C=O) groups excluding carboxylic acids is 1. The topological polar surface area (TPSA) is 74.5 Å². The number of piperazine rings is 1. The van der Waals surface area contributed by atoms with Gasteiger partial charge in [0.15, 0.2) is 5.01 Å². The van der Waals surface area contributed by atoms with Crippen molar-refractivity contribution in [3.05, 3.63) is 16.1 Å². The van der Waals surface area contributed by atoms with E-state index in [9.17, 15) is 4.79 Å². The molecule has 7 heteroatoms. The fraction of sp³-hybridized carbons (Fsp3) is 0.667. The Balaban J connectivity index is 1.82. The van der Waals surface area contributed by atoms with E-state index in [2.05, 4.69) is 27.1 Å². The molecule has 1 aromatic rings. The molecule has 1 aromatic heterocycles. The number of aromatic nitrogens is 1. The molecular weight excluding hydrogens is 262 g/mol. The van der Waals surface area contributed by atoms with Crippen LogP contribution in [0.15, 0.2) is 5.38 Å². The maximum Gasteiger partial charge on any atom is 0.294 e. The lowest BCUT2D eigenvalue weighted by atomic mass is 10.3. The van der Waals surface area contributed by atoms with Crippen LogP contribution in [-0.4, -0.2) is 53.4 Å². The number of amides is 1. The van der Waals surface area contributed by atoms with Gasteiger partial charge < -0.3 is 4.90 Å². The Morgan fingerprint density at radius 1 is 1.42 bits per heavy atom. The van der Waals surface area contributed by atoms with Gasteiger partial charge in [-0.05, 0) is 13.0 Å². The molecule has 1 saturated heterocycles. The van der Waals surface area contributed by atoms with Crippen LogP contribution >= 0.6 is 11.3 Å². The number of nitrogens with one attached hydrogen (secondary N) is 1. The molecule has 0 saturated carbocycles. The molecule has 6 nitrogen and oxygen atoms in total. The number of hydrazine groups is 1. The predicted octanol–water partition coefficient (Wildman–Crippen LogP) is 0.274. The highest BCUT2D eigenvalue weighted by Gasteiger charge is 2.17. The molecule has 0 spiro atoms. The fourth-order valence-corrected chi connectivity index (χ4v) is 2.97. The van der Waals surface area contributed by atoms with Crippen molar-refractivity contribution < 1.29 is 4.79 Å². The quantitative estimate of drug-likeness (QED) is 0.461. The Labute approximate surface area is 117 Å². The standard InChI is InChI=1S/C12H21N5OS/c1-2-3-16-4-6-17(7-5-16)8-10-9-19-12(14-10)11(18)15-13/h9H,2-8,13H2,1H3,(H,15,18). The molecular formula is C12H21N5OS. The highest BCUT2D eigenvalue weighted by atomic mass is 32.1. The molecule has 0 atom stereocenters. The largest absolute Gasteiger partial charge is 0.301 e. The summed E-state index contributed by atoms with van der Waals surface area (Å²) in [6.07, 6.45) is 1.21. The van der Waals surface area contributed by atoms with Gasteiger partial charge in [0.25, 0.3) is 5.91 Å². The van der Waals surface area contributed by atoms with Crippen molar-refractivity contribution in [3.8, 4) is 0 Å². The highest BCUT2D eigenvalue weighted by Crippen LogP contribution is 2.13. The number of thiazole rings is 1. The number of nitrogens with zero attached hydrogens (tertiary/aromatic N) is 3. The van der Waals surface area contributed by atoms with Gasteiger partial charge >= 0.3 is 0 Å². The van der Waals surface area contributed by atoms with Crippen molar-refractivity contribution in [3.63, 3.8) is 0 Å². The first-order valence-electron chi connectivity index (χ1n) is 6.63. The van der Waals surface area contributed by atoms with E-state index in [1.165, 1.54) is 24.3 Å². The van der Waals surface area contributed by atoms with Gasteiger partial charge in [0.05, 0.1) is 5.69 Å². The molecule has 2 rings (SSSR count). The molecule has 2 heterocycles. The third-order valence-corrected chi connectivity index (χ3v) is 4.16. The molecule has 19 heavy (non-hydrogen) atoms. The predicted molar refractivity (Wildman–Crippen MR) is 75.8 cm³/mol. The number of hydrogen-bond donors (Lipinski definition) is 2. The van der Waals surface area contributed by atoms with Crippen LogP contribution in [-0.2, 0) is 6.54 Å². The van der Waals surface area contributed by atoms with Crippen molar-refractivity contribution in [2.75, 3.05) is 32.7 Å². The van der Waals surface area contributed by atoms with E-state index < -0.39 is 0 Å². The molecule has 3 N–H and O–H groups in total. The summed E-state index contributed by atoms with van der Waals surface area (Å²) in [5, 5.41) is 2.37. The number of rotatable bonds is 5. The highest BCUT2D eigenvalue weighted by molar-refractivity contribution is 7.11. The first-order chi connectivity index (χ1) is 9.22. The van der Waals surface area contributed by atoms with Crippen LogP contribution in [0.4, 0.5) is 0 Å². The van der Waals surface area contributed by atoms with Crippen LogP contribution in [0, 0.1) is 0 Å². The molecule has 0 aromatic carbocycles. The third kappa shape index (κ3) is 3.97. The fourth-order valence-electron chi connectivity index (χ4n) is 2.26. The Morgan fingerprint density at radius 3 is 2.74 bits per heavy atom. The van der Waals surface area contributed by atoms with E-state index in [1.807, 2.05) is 5.38 Å². The second-order valence-electron chi connectivity index (χ2n) is 4.74. The molecule has 0 bridgehead atoms. The average Bonchev–Trinajstić information content (AvgIpc) is 2.89. The van der Waals surface area contributed by atoms with Crippen LogP contribution in [0.3, 0.4) is 0 Å². The number of hydrogen-bond acceptors (Lipinski definition) is 6. The van der Waals surface area contributed by atoms with E-state index in [1.54, 1.807) is 0 Å². The molecule has 0 unspecified atom stereocenters. The number of nitrogens with two attached hydrogens (primary N) is 1. The summed E-state index contributed by atoms with van der Waals surface area (Å²) >= 11 is 1.34. The van der Waals surface area contributed by atoms with Gasteiger partial charge in [-0.2, -0.15) is 0 Å². The van der Waals surface area contributed by atoms with E-state index >= 15 is 0 Å². The third-order valence-electron chi connectivity index (χ3n) is 3.27. The van der Waals surface area contributed by atoms with Crippen molar-refractivity contribution in [1.29, 1.82) is 0 Å². The average molecular weight is 283 g/mol. The van der Waals surface area contributed by atoms with Crippen molar-refractivity contribution in [1.82, 2.24) is 20.2 Å². The minimum Gasteiger partial charge on any atom is -0.301 e. The van der Waals surface area contributed by atoms with E-state index in [0.29, 0.717) is 5.01 Å². The van der Waals surface area contributed by atoms with Crippen molar-refractivity contribution >= 4 is 17.2 Å². The Morgan fingerprint density at radius 2 is 2.11 bits per heavy atom. The smallest absolute Gasteiger partial charge is 0.294 e. The lowest BCUT2D eigenvalue weighted by molar-refractivity contribution is 0.0952. The zero-order chi connectivity index (χ0) is 13.7. The summed E-state index contributed by atoms with van der Waals surface area (Å²) in [7, 11) is 0. The second kappa shape index (κ2) is 6.95. The summed E-state index contributed by atoms with van der Waals surface area (Å²) in [6.45, 7) is 8.58. The first kappa shape index (κ1) is 14.4. The maximum atomic E-state index is 11.3. The minimum atomic E-state index is -0.316. The van der Waals surface area contributed by atoms with Crippen LogP contribution in [0.25, 0.3) is 0 Å². The van der Waals surface area contributed by atoms with Crippen LogP contribution in [0.5, 0.6) is 0 Å². The summed E-state index contributed by atoms with van der Waals surface area (Å²) in [4.78, 5) is 20.5. The van der Waals surface area contributed by atoms with Crippen LogP contribution < -0.4 is 11.3 Å². The van der Waals surface area contributed by atoms with Gasteiger partial charge in [0.2, 0.25) is 0 Å². The Bertz CT molecular complexity index is 414. The van der Waals surface area contributed by atoms with Crippen molar-refractivity contribution in [2.45, 2.75) is 19.9 Å². The Kier molecular flexibility index (Phi) is 5.26.